The molecule has 1 rings (SSSR count). The highest BCUT2D eigenvalue weighted by atomic mass is 32.3. The first-order chi connectivity index (χ1) is 7.84. The van der Waals surface area contributed by atoms with Crippen LogP contribution in [-0.2, 0) is 19.8 Å². The molecule has 4 nitrogen and oxygen atoms in total. The van der Waals surface area contributed by atoms with Crippen LogP contribution in [0.1, 0.15) is 5.56 Å². The Morgan fingerprint density at radius 1 is 1.29 bits per heavy atom. The molecule has 0 atom stereocenters. The van der Waals surface area contributed by atoms with Crippen LogP contribution in [0.2, 0.25) is 0 Å². The number of carbonyl (C=O) groups excluding carboxylic acids is 1. The molecule has 0 radical (unpaired) electrons. The van der Waals surface area contributed by atoms with Gasteiger partial charge in [0.25, 0.3) is 0 Å². The lowest BCUT2D eigenvalue weighted by Gasteiger charge is -2.02. The van der Waals surface area contributed by atoms with Crippen LogP contribution in [0.15, 0.2) is 30.3 Å². The van der Waals surface area contributed by atoms with E-state index < -0.39 is 26.9 Å². The summed E-state index contributed by atoms with van der Waals surface area (Å²) in [6, 6.07) is 3.99. The van der Waals surface area contributed by atoms with Crippen LogP contribution in [0.4, 0.5) is 8.28 Å². The summed E-state index contributed by atoms with van der Waals surface area (Å²) >= 11 is 0. The lowest BCUT2D eigenvalue weighted by molar-refractivity contribution is -0.134. The topological polar surface area (TPSA) is 60.4 Å². The summed E-state index contributed by atoms with van der Waals surface area (Å²) in [6.07, 6.45) is 0.489. The maximum absolute atomic E-state index is 12.9. The van der Waals surface area contributed by atoms with E-state index in [0.717, 1.165) is 31.4 Å². The molecule has 0 spiro atoms. The highest BCUT2D eigenvalue weighted by Gasteiger charge is 2.20. The van der Waals surface area contributed by atoms with Gasteiger partial charge in [0.15, 0.2) is 0 Å². The molecule has 1 aromatic carbocycles. The van der Waals surface area contributed by atoms with E-state index in [9.17, 15) is 21.5 Å². The first-order valence-corrected chi connectivity index (χ1v) is 5.73. The molecule has 0 unspecified atom stereocenters. The molecule has 0 bridgehead atoms. The minimum atomic E-state index is -5.10. The van der Waals surface area contributed by atoms with Crippen LogP contribution in [0.3, 0.4) is 0 Å². The Morgan fingerprint density at radius 3 is 2.24 bits per heavy atom. The quantitative estimate of drug-likeness (QED) is 0.472. The van der Waals surface area contributed by atoms with Gasteiger partial charge in [0, 0.05) is 6.08 Å². The molecule has 0 aliphatic rings. The smallest absolute Gasteiger partial charge is 0.332 e. The summed E-state index contributed by atoms with van der Waals surface area (Å²) in [4.78, 5) is 10.0. The Morgan fingerprint density at radius 2 is 1.82 bits per heavy atom. The van der Waals surface area contributed by atoms with Crippen molar-refractivity contribution in [1.29, 1.82) is 0 Å². The minimum absolute atomic E-state index is 0.140. The Bertz CT molecular complexity index is 546. The van der Waals surface area contributed by atoms with Crippen molar-refractivity contribution < 1.29 is 26.2 Å². The molecule has 0 saturated heterocycles. The van der Waals surface area contributed by atoms with Crippen LogP contribution in [0.25, 0.3) is 4.91 Å². The van der Waals surface area contributed by atoms with Gasteiger partial charge in [0.1, 0.15) is 10.7 Å². The van der Waals surface area contributed by atoms with Crippen LogP contribution in [-0.4, -0.2) is 21.5 Å². The SMILES string of the molecule is COC(=O)/C=C(\c1ccc(F)cc1)S(=O)(=O)F. The fourth-order valence-corrected chi connectivity index (χ4v) is 1.73. The van der Waals surface area contributed by atoms with E-state index in [1.165, 1.54) is 0 Å². The van der Waals surface area contributed by atoms with E-state index in [-0.39, 0.29) is 5.56 Å². The standard InChI is InChI=1S/C10H8F2O4S/c1-16-10(13)6-9(17(12,14)15)7-2-4-8(11)5-3-7/h2-6H,1H3/b9-6+. The highest BCUT2D eigenvalue weighted by molar-refractivity contribution is 7.96. The number of hydrogen-bond acceptors (Lipinski definition) is 4. The normalized spacial score (nSPS) is 12.3. The van der Waals surface area contributed by atoms with E-state index in [0.29, 0.717) is 6.08 Å². The fourth-order valence-electron chi connectivity index (χ4n) is 1.07. The molecular formula is C10H8F2O4S. The van der Waals surface area contributed by atoms with Crippen molar-refractivity contribution in [3.05, 3.63) is 41.7 Å². The van der Waals surface area contributed by atoms with E-state index in [4.69, 9.17) is 0 Å². The zero-order valence-electron chi connectivity index (χ0n) is 8.68. The molecule has 17 heavy (non-hydrogen) atoms. The fraction of sp³-hybridized carbons (Fsp3) is 0.100. The van der Waals surface area contributed by atoms with Crippen molar-refractivity contribution in [2.45, 2.75) is 0 Å². The van der Waals surface area contributed by atoms with Gasteiger partial charge in [0.05, 0.1) is 7.11 Å². The summed E-state index contributed by atoms with van der Waals surface area (Å²) in [5.41, 5.74) is -0.140. The lowest BCUT2D eigenvalue weighted by atomic mass is 10.2. The monoisotopic (exact) mass is 262 g/mol. The Labute approximate surface area is 96.7 Å². The molecule has 7 heteroatoms. The largest absolute Gasteiger partial charge is 0.466 e. The number of methoxy groups -OCH3 is 1. The molecule has 0 N–H and O–H groups in total. The number of carbonyl (C=O) groups is 1. The van der Waals surface area contributed by atoms with Crippen molar-refractivity contribution in [2.75, 3.05) is 7.11 Å². The van der Waals surface area contributed by atoms with Gasteiger partial charge in [-0.05, 0) is 17.7 Å². The van der Waals surface area contributed by atoms with Gasteiger partial charge in [-0.2, -0.15) is 8.42 Å². The maximum atomic E-state index is 12.9. The van der Waals surface area contributed by atoms with Crippen LogP contribution < -0.4 is 0 Å². The predicted octanol–water partition coefficient (Wildman–Crippen LogP) is 1.64. The number of rotatable bonds is 3. The first-order valence-electron chi connectivity index (χ1n) is 4.35. The molecular weight excluding hydrogens is 254 g/mol. The molecule has 1 aromatic rings. The van der Waals surface area contributed by atoms with Crippen LogP contribution in [0, 0.1) is 5.82 Å². The van der Waals surface area contributed by atoms with Gasteiger partial charge >= 0.3 is 16.2 Å². The number of halogens is 2. The van der Waals surface area contributed by atoms with Crippen molar-refractivity contribution >= 4 is 21.1 Å². The second kappa shape index (κ2) is 5.05. The molecule has 0 aliphatic carbocycles. The van der Waals surface area contributed by atoms with Crippen molar-refractivity contribution in [2.24, 2.45) is 0 Å². The molecule has 92 valence electrons. The van der Waals surface area contributed by atoms with Gasteiger partial charge < -0.3 is 4.74 Å². The van der Waals surface area contributed by atoms with Gasteiger partial charge in [-0.15, -0.1) is 3.89 Å². The summed E-state index contributed by atoms with van der Waals surface area (Å²) in [6.45, 7) is 0. The molecule has 0 aliphatic heterocycles. The average molecular weight is 262 g/mol. The van der Waals surface area contributed by atoms with E-state index >= 15 is 0 Å². The number of esters is 1. The van der Waals surface area contributed by atoms with Gasteiger partial charge in [-0.25, -0.2) is 9.18 Å². The van der Waals surface area contributed by atoms with Crippen molar-refractivity contribution in [3.8, 4) is 0 Å². The molecule has 0 amide bonds. The van der Waals surface area contributed by atoms with E-state index in [1.54, 1.807) is 0 Å². The minimum Gasteiger partial charge on any atom is -0.466 e. The highest BCUT2D eigenvalue weighted by Crippen LogP contribution is 2.22. The first kappa shape index (κ1) is 13.3. The van der Waals surface area contributed by atoms with Crippen molar-refractivity contribution in [3.63, 3.8) is 0 Å². The lowest BCUT2D eigenvalue weighted by Crippen LogP contribution is -2.02. The van der Waals surface area contributed by atoms with Gasteiger partial charge in [-0.1, -0.05) is 12.1 Å². The second-order valence-electron chi connectivity index (χ2n) is 2.98. The Hall–Kier alpha value is -1.76. The Kier molecular flexibility index (Phi) is 3.95. The van der Waals surface area contributed by atoms with E-state index in [1.807, 2.05) is 0 Å². The number of benzene rings is 1. The molecule has 0 fully saturated rings. The number of ether oxygens (including phenoxy) is 1. The molecule has 0 saturated carbocycles. The zero-order chi connectivity index (χ0) is 13.1. The maximum Gasteiger partial charge on any atom is 0.332 e. The third kappa shape index (κ3) is 3.63. The average Bonchev–Trinajstić information content (AvgIpc) is 2.25. The molecule has 0 heterocycles. The summed E-state index contributed by atoms with van der Waals surface area (Å²) in [5, 5.41) is 0. The Balaban J connectivity index is 3.31. The van der Waals surface area contributed by atoms with E-state index in [2.05, 4.69) is 4.74 Å². The predicted molar refractivity (Wildman–Crippen MR) is 56.4 cm³/mol. The van der Waals surface area contributed by atoms with Gasteiger partial charge in [0.2, 0.25) is 0 Å². The van der Waals surface area contributed by atoms with Crippen LogP contribution >= 0.6 is 0 Å². The second-order valence-corrected chi connectivity index (χ2v) is 4.29. The number of hydrogen-bond donors (Lipinski definition) is 0. The summed E-state index contributed by atoms with van der Waals surface area (Å²) < 4.78 is 51.4. The van der Waals surface area contributed by atoms with Crippen molar-refractivity contribution in [1.82, 2.24) is 0 Å². The third-order valence-electron chi connectivity index (χ3n) is 1.84. The van der Waals surface area contributed by atoms with Gasteiger partial charge in [-0.3, -0.25) is 0 Å². The molecule has 0 aromatic heterocycles. The summed E-state index contributed by atoms with van der Waals surface area (Å²) in [5.74, 6) is -1.63. The zero-order valence-corrected chi connectivity index (χ0v) is 9.50. The third-order valence-corrected chi connectivity index (χ3v) is 2.72. The van der Waals surface area contributed by atoms with Crippen LogP contribution in [0.5, 0.6) is 0 Å². The summed E-state index contributed by atoms with van der Waals surface area (Å²) in [7, 11) is -4.08.